The van der Waals surface area contributed by atoms with Crippen molar-refractivity contribution in [2.24, 2.45) is 0 Å². The molecule has 176 valence electrons. The van der Waals surface area contributed by atoms with E-state index < -0.39 is 5.97 Å². The molecule has 3 aromatic carbocycles. The molecule has 3 aromatic rings. The number of hydrogen-bond donors (Lipinski definition) is 1. The third-order valence-corrected chi connectivity index (χ3v) is 4.98. The van der Waals surface area contributed by atoms with E-state index in [4.69, 9.17) is 28.8 Å². The van der Waals surface area contributed by atoms with Gasteiger partial charge in [0.25, 0.3) is 0 Å². The zero-order valence-electron chi connectivity index (χ0n) is 18.5. The van der Waals surface area contributed by atoms with Gasteiger partial charge in [-0.25, -0.2) is 4.79 Å². The smallest absolute Gasteiger partial charge is 0.336 e. The number of ether oxygens (including phenoxy) is 5. The molecule has 7 nitrogen and oxygen atoms in total. The summed E-state index contributed by atoms with van der Waals surface area (Å²) in [7, 11) is 3.29. The van der Waals surface area contributed by atoms with Gasteiger partial charge < -0.3 is 28.8 Å². The Morgan fingerprint density at radius 1 is 0.727 bits per heavy atom. The van der Waals surface area contributed by atoms with Gasteiger partial charge in [-0.15, -0.1) is 0 Å². The van der Waals surface area contributed by atoms with Crippen molar-refractivity contribution in [1.29, 1.82) is 0 Å². The second-order valence-corrected chi connectivity index (χ2v) is 7.47. The molecule has 0 atom stereocenters. The van der Waals surface area contributed by atoms with Crippen molar-refractivity contribution in [3.8, 4) is 11.5 Å². The zero-order chi connectivity index (χ0) is 23.9. The summed E-state index contributed by atoms with van der Waals surface area (Å²) in [6.45, 7) is 1.36. The monoisotopic (exact) mass is 518 g/mol. The average molecular weight is 519 g/mol. The van der Waals surface area contributed by atoms with Gasteiger partial charge >= 0.3 is 5.97 Å². The van der Waals surface area contributed by atoms with E-state index in [1.807, 2.05) is 48.5 Å². The molecule has 0 radical (unpaired) electrons. The first-order valence-corrected chi connectivity index (χ1v) is 10.8. The lowest BCUT2D eigenvalue weighted by molar-refractivity contribution is -0.139. The number of benzene rings is 3. The summed E-state index contributed by atoms with van der Waals surface area (Å²) >= 11 is 3.12. The van der Waals surface area contributed by atoms with Crippen LogP contribution in [0.3, 0.4) is 0 Å². The Balaban J connectivity index is 0.000000321. The van der Waals surface area contributed by atoms with E-state index in [9.17, 15) is 4.79 Å². The van der Waals surface area contributed by atoms with Crippen molar-refractivity contribution in [3.05, 3.63) is 94.0 Å². The van der Waals surface area contributed by atoms with Crippen LogP contribution in [-0.4, -0.2) is 38.9 Å². The molecule has 3 rings (SSSR count). The highest BCUT2D eigenvalue weighted by Crippen LogP contribution is 2.15. The molecular formula is C25H27BrO7. The minimum atomic E-state index is -0.910. The van der Waals surface area contributed by atoms with E-state index >= 15 is 0 Å². The maximum absolute atomic E-state index is 10.4. The Labute approximate surface area is 201 Å². The Bertz CT molecular complexity index is 908. The van der Waals surface area contributed by atoms with Gasteiger partial charge in [0.05, 0.1) is 33.0 Å². The standard InChI is InChI=1S/C18H22O5.C7H5BrO2/c1-19-17-7-3-15(4-8-17)11-21-13-23-14-22-12-16-5-9-18(20-2)10-6-16;8-6-4-2-1-3-5(6)7(9)10/h3-10H,11-14H2,1-2H3;1-4H,(H,9,10). The lowest BCUT2D eigenvalue weighted by atomic mass is 10.2. The first kappa shape index (κ1) is 26.3. The molecular weight excluding hydrogens is 492 g/mol. The van der Waals surface area contributed by atoms with E-state index in [1.54, 1.807) is 38.5 Å². The number of carboxylic acids is 1. The molecule has 0 heterocycles. The summed E-state index contributed by atoms with van der Waals surface area (Å²) in [5.74, 6) is 0.751. The highest BCUT2D eigenvalue weighted by Gasteiger charge is 2.04. The molecule has 1 N–H and O–H groups in total. The second-order valence-electron chi connectivity index (χ2n) is 6.62. The summed E-state index contributed by atoms with van der Waals surface area (Å²) in [6, 6.07) is 22.1. The van der Waals surface area contributed by atoms with Gasteiger partial charge in [-0.1, -0.05) is 36.4 Å². The van der Waals surface area contributed by atoms with Crippen LogP contribution in [0.5, 0.6) is 11.5 Å². The Morgan fingerprint density at radius 3 is 1.55 bits per heavy atom. The van der Waals surface area contributed by atoms with Gasteiger partial charge in [0.15, 0.2) is 0 Å². The van der Waals surface area contributed by atoms with Crippen LogP contribution >= 0.6 is 15.9 Å². The quantitative estimate of drug-likeness (QED) is 0.264. The van der Waals surface area contributed by atoms with Gasteiger partial charge in [0.1, 0.15) is 25.1 Å². The number of methoxy groups -OCH3 is 2. The van der Waals surface area contributed by atoms with Gasteiger partial charge in [-0.3, -0.25) is 0 Å². The van der Waals surface area contributed by atoms with Crippen LogP contribution in [0.1, 0.15) is 21.5 Å². The van der Waals surface area contributed by atoms with Gasteiger partial charge in [-0.05, 0) is 63.5 Å². The maximum atomic E-state index is 10.4. The normalized spacial score (nSPS) is 10.2. The number of aromatic carboxylic acids is 1. The molecule has 8 heteroatoms. The molecule has 0 spiro atoms. The van der Waals surface area contributed by atoms with Gasteiger partial charge in [0, 0.05) is 4.47 Å². The SMILES string of the molecule is COc1ccc(COCOCOCc2ccc(OC)cc2)cc1.O=C(O)c1ccccc1Br. The molecule has 0 bridgehead atoms. The van der Waals surface area contributed by atoms with Crippen molar-refractivity contribution < 1.29 is 33.6 Å². The van der Waals surface area contributed by atoms with Crippen LogP contribution in [-0.2, 0) is 27.4 Å². The van der Waals surface area contributed by atoms with Crippen LogP contribution in [0.2, 0.25) is 0 Å². The lowest BCUT2D eigenvalue weighted by Crippen LogP contribution is -2.05. The summed E-state index contributed by atoms with van der Waals surface area (Å²) in [4.78, 5) is 10.4. The third-order valence-electron chi connectivity index (χ3n) is 4.29. The highest BCUT2D eigenvalue weighted by molar-refractivity contribution is 9.10. The summed E-state index contributed by atoms with van der Waals surface area (Å²) in [5.41, 5.74) is 2.42. The molecule has 0 saturated carbocycles. The van der Waals surface area contributed by atoms with Gasteiger partial charge in [0.2, 0.25) is 0 Å². The number of hydrogen-bond acceptors (Lipinski definition) is 6. The maximum Gasteiger partial charge on any atom is 0.336 e. The minimum absolute atomic E-state index is 0.189. The van der Waals surface area contributed by atoms with E-state index in [0.717, 1.165) is 22.6 Å². The van der Waals surface area contributed by atoms with Crippen LogP contribution < -0.4 is 9.47 Å². The Hall–Kier alpha value is -2.91. The van der Waals surface area contributed by atoms with Crippen LogP contribution in [0.25, 0.3) is 0 Å². The fourth-order valence-corrected chi connectivity index (χ4v) is 3.00. The fraction of sp³-hybridized carbons (Fsp3) is 0.240. The predicted octanol–water partition coefficient (Wildman–Crippen LogP) is 5.52. The van der Waals surface area contributed by atoms with Crippen molar-refractivity contribution in [1.82, 2.24) is 0 Å². The lowest BCUT2D eigenvalue weighted by Gasteiger charge is -2.08. The Kier molecular flexibility index (Phi) is 12.0. The zero-order valence-corrected chi connectivity index (χ0v) is 20.1. The van der Waals surface area contributed by atoms with Crippen molar-refractivity contribution in [2.75, 3.05) is 27.8 Å². The van der Waals surface area contributed by atoms with Crippen LogP contribution in [0, 0.1) is 0 Å². The molecule has 0 aliphatic rings. The number of halogens is 1. The molecule has 0 aliphatic heterocycles. The fourth-order valence-electron chi connectivity index (χ4n) is 2.55. The highest BCUT2D eigenvalue weighted by atomic mass is 79.9. The molecule has 0 saturated heterocycles. The van der Waals surface area contributed by atoms with Crippen LogP contribution in [0.4, 0.5) is 0 Å². The molecule has 0 fully saturated rings. The molecule has 0 aromatic heterocycles. The summed E-state index contributed by atoms with van der Waals surface area (Å²) < 4.78 is 26.9. The number of rotatable bonds is 11. The van der Waals surface area contributed by atoms with Crippen LogP contribution in [0.15, 0.2) is 77.3 Å². The van der Waals surface area contributed by atoms with E-state index in [-0.39, 0.29) is 13.6 Å². The van der Waals surface area contributed by atoms with Gasteiger partial charge in [-0.2, -0.15) is 0 Å². The minimum Gasteiger partial charge on any atom is -0.497 e. The topological polar surface area (TPSA) is 83.5 Å². The van der Waals surface area contributed by atoms with Crippen molar-refractivity contribution in [3.63, 3.8) is 0 Å². The first-order valence-electron chi connectivity index (χ1n) is 10.0. The summed E-state index contributed by atoms with van der Waals surface area (Å²) in [5, 5.41) is 8.54. The van der Waals surface area contributed by atoms with E-state index in [2.05, 4.69) is 15.9 Å². The second kappa shape index (κ2) is 15.0. The van der Waals surface area contributed by atoms with Crippen molar-refractivity contribution in [2.45, 2.75) is 13.2 Å². The number of carbonyl (C=O) groups is 1. The average Bonchev–Trinajstić information content (AvgIpc) is 2.84. The molecule has 0 aliphatic carbocycles. The Morgan fingerprint density at radius 2 is 1.18 bits per heavy atom. The first-order chi connectivity index (χ1) is 16.0. The van der Waals surface area contributed by atoms with E-state index in [1.165, 1.54) is 0 Å². The summed E-state index contributed by atoms with van der Waals surface area (Å²) in [6.07, 6.45) is 0. The molecule has 0 unspecified atom stereocenters. The number of carboxylic acid groups (broad SMARTS) is 1. The van der Waals surface area contributed by atoms with Crippen molar-refractivity contribution >= 4 is 21.9 Å². The molecule has 0 amide bonds. The van der Waals surface area contributed by atoms with E-state index in [0.29, 0.717) is 23.2 Å². The third kappa shape index (κ3) is 10.0. The largest absolute Gasteiger partial charge is 0.497 e. The predicted molar refractivity (Wildman–Crippen MR) is 127 cm³/mol. The molecule has 33 heavy (non-hydrogen) atoms.